The maximum Gasteiger partial charge on any atom is 0.339 e. The number of aromatic nitrogens is 2. The van der Waals surface area contributed by atoms with E-state index in [0.29, 0.717) is 28.9 Å². The quantitative estimate of drug-likeness (QED) is 0.320. The minimum atomic E-state index is -0.275. The number of rotatable bonds is 4. The lowest BCUT2D eigenvalue weighted by atomic mass is 9.48. The molecule has 0 saturated heterocycles. The van der Waals surface area contributed by atoms with Crippen LogP contribution in [0.1, 0.15) is 85.9 Å². The fourth-order valence-electron chi connectivity index (χ4n) is 8.08. The third-order valence-corrected chi connectivity index (χ3v) is 10.2. The fourth-order valence-corrected chi connectivity index (χ4v) is 8.08. The SMILES string of the molecule is C[C@]12CC[C@@H](OC(=O)c3cccnc3)CC1=CC[C@@H]1[C@H]2CC[C@]2(C)C(=NNC(=O)c3cccnc3)CC[C@@H]12. The van der Waals surface area contributed by atoms with Crippen LogP contribution in [0.4, 0.5) is 0 Å². The molecule has 6 rings (SSSR count). The van der Waals surface area contributed by atoms with Gasteiger partial charge in [0, 0.05) is 42.3 Å². The number of hydrogen-bond acceptors (Lipinski definition) is 6. The number of hydrazone groups is 1. The molecule has 6 atom stereocenters. The van der Waals surface area contributed by atoms with Gasteiger partial charge in [-0.05, 0) is 92.4 Å². The van der Waals surface area contributed by atoms with Crippen LogP contribution in [0.3, 0.4) is 0 Å². The van der Waals surface area contributed by atoms with E-state index in [9.17, 15) is 9.59 Å². The maximum absolute atomic E-state index is 12.6. The summed E-state index contributed by atoms with van der Waals surface area (Å²) in [5, 5.41) is 4.68. The van der Waals surface area contributed by atoms with Crippen LogP contribution in [0.5, 0.6) is 0 Å². The number of hydrogen-bond donors (Lipinski definition) is 1. The Morgan fingerprint density at radius 1 is 0.974 bits per heavy atom. The van der Waals surface area contributed by atoms with Gasteiger partial charge in [0.15, 0.2) is 0 Å². The second-order valence-electron chi connectivity index (χ2n) is 12.0. The van der Waals surface area contributed by atoms with E-state index in [-0.39, 0.29) is 28.8 Å². The molecule has 4 aliphatic rings. The standard InChI is InChI=1S/C31H36N4O3/c1-30-13-11-23(38-29(37)21-6-4-16-33-19-21)17-22(30)7-8-24-25-9-10-27(31(25,2)14-12-26(24)30)34-35-28(36)20-5-3-15-32-18-20/h3-7,15-16,18-19,23-26H,8-14,17H2,1-2H3,(H,35,36)/t23-,24+,25+,26-,30+,31+/m1/s1. The first-order chi connectivity index (χ1) is 18.4. The smallest absolute Gasteiger partial charge is 0.339 e. The van der Waals surface area contributed by atoms with Crippen molar-refractivity contribution in [3.63, 3.8) is 0 Å². The van der Waals surface area contributed by atoms with Gasteiger partial charge in [-0.1, -0.05) is 25.5 Å². The van der Waals surface area contributed by atoms with Crippen LogP contribution in [-0.2, 0) is 4.74 Å². The Morgan fingerprint density at radius 3 is 2.42 bits per heavy atom. The van der Waals surface area contributed by atoms with Crippen LogP contribution in [0, 0.1) is 28.6 Å². The van der Waals surface area contributed by atoms with E-state index in [2.05, 4.69) is 40.4 Å². The molecule has 2 aromatic heterocycles. The average molecular weight is 513 g/mol. The van der Waals surface area contributed by atoms with E-state index in [1.165, 1.54) is 12.0 Å². The van der Waals surface area contributed by atoms with Gasteiger partial charge in [0.1, 0.15) is 6.10 Å². The highest BCUT2D eigenvalue weighted by atomic mass is 16.5. The van der Waals surface area contributed by atoms with Crippen molar-refractivity contribution in [3.8, 4) is 0 Å². The van der Waals surface area contributed by atoms with E-state index >= 15 is 0 Å². The van der Waals surface area contributed by atoms with Crippen molar-refractivity contribution in [3.05, 3.63) is 71.8 Å². The Morgan fingerprint density at radius 2 is 1.68 bits per heavy atom. The first kappa shape index (κ1) is 25.0. The first-order valence-corrected chi connectivity index (χ1v) is 14.0. The molecule has 0 aromatic carbocycles. The molecular weight excluding hydrogens is 476 g/mol. The summed E-state index contributed by atoms with van der Waals surface area (Å²) in [6.07, 6.45) is 17.1. The average Bonchev–Trinajstić information content (AvgIpc) is 3.29. The first-order valence-electron chi connectivity index (χ1n) is 14.0. The largest absolute Gasteiger partial charge is 0.458 e. The van der Waals surface area contributed by atoms with Crippen LogP contribution in [0.2, 0.25) is 0 Å². The predicted octanol–water partition coefficient (Wildman–Crippen LogP) is 5.75. The minimum absolute atomic E-state index is 0.0293. The highest BCUT2D eigenvalue weighted by Crippen LogP contribution is 2.64. The highest BCUT2D eigenvalue weighted by molar-refractivity contribution is 5.97. The van der Waals surface area contributed by atoms with Gasteiger partial charge >= 0.3 is 5.97 Å². The van der Waals surface area contributed by atoms with Gasteiger partial charge in [0.2, 0.25) is 0 Å². The summed E-state index contributed by atoms with van der Waals surface area (Å²) in [6, 6.07) is 7.05. The Hall–Kier alpha value is -3.35. The number of carbonyl (C=O) groups excluding carboxylic acids is 2. The highest BCUT2D eigenvalue weighted by Gasteiger charge is 2.58. The van der Waals surface area contributed by atoms with E-state index < -0.39 is 0 Å². The molecule has 38 heavy (non-hydrogen) atoms. The normalized spacial score (nSPS) is 34.9. The molecule has 0 unspecified atom stereocenters. The van der Waals surface area contributed by atoms with Crippen LogP contribution in [-0.4, -0.2) is 33.7 Å². The van der Waals surface area contributed by atoms with Gasteiger partial charge in [-0.25, -0.2) is 10.2 Å². The number of allylic oxidation sites excluding steroid dienone is 1. The Kier molecular flexibility index (Phi) is 6.40. The van der Waals surface area contributed by atoms with Gasteiger partial charge < -0.3 is 4.74 Å². The predicted molar refractivity (Wildman–Crippen MR) is 144 cm³/mol. The van der Waals surface area contributed by atoms with Gasteiger partial charge in [-0.2, -0.15) is 5.10 Å². The molecular formula is C31H36N4O3. The van der Waals surface area contributed by atoms with Crippen molar-refractivity contribution in [1.29, 1.82) is 0 Å². The number of esters is 1. The number of fused-ring (bicyclic) bond motifs is 5. The number of nitrogens with one attached hydrogen (secondary N) is 1. The zero-order chi connectivity index (χ0) is 26.3. The summed E-state index contributed by atoms with van der Waals surface area (Å²) >= 11 is 0. The van der Waals surface area contributed by atoms with Gasteiger partial charge in [0.25, 0.3) is 5.91 Å². The molecule has 2 heterocycles. The van der Waals surface area contributed by atoms with Crippen LogP contribution in [0.25, 0.3) is 0 Å². The summed E-state index contributed by atoms with van der Waals surface area (Å²) in [6.45, 7) is 4.82. The summed E-state index contributed by atoms with van der Waals surface area (Å²) in [5.41, 5.74) is 6.66. The number of pyridine rings is 2. The summed E-state index contributed by atoms with van der Waals surface area (Å²) in [4.78, 5) is 33.3. The van der Waals surface area contributed by atoms with Crippen LogP contribution < -0.4 is 5.43 Å². The molecule has 1 amide bonds. The maximum atomic E-state index is 12.6. The van der Waals surface area contributed by atoms with Crippen molar-refractivity contribution in [2.75, 3.05) is 0 Å². The summed E-state index contributed by atoms with van der Waals surface area (Å²) < 4.78 is 5.91. The topological polar surface area (TPSA) is 93.5 Å². The van der Waals surface area contributed by atoms with Gasteiger partial charge in [0.05, 0.1) is 11.1 Å². The minimum Gasteiger partial charge on any atom is -0.458 e. The molecule has 7 heteroatoms. The molecule has 3 saturated carbocycles. The second kappa shape index (κ2) is 9.75. The number of amides is 1. The van der Waals surface area contributed by atoms with Crippen molar-refractivity contribution in [1.82, 2.24) is 15.4 Å². The third kappa shape index (κ3) is 4.26. The number of nitrogens with zero attached hydrogens (tertiary/aromatic N) is 3. The van der Waals surface area contributed by atoms with Crippen LogP contribution >= 0.6 is 0 Å². The third-order valence-electron chi connectivity index (χ3n) is 10.2. The molecule has 2 aromatic rings. The molecule has 0 radical (unpaired) electrons. The van der Waals surface area contributed by atoms with Gasteiger partial charge in [-0.3, -0.25) is 14.8 Å². The molecule has 0 aliphatic heterocycles. The molecule has 3 fully saturated rings. The molecule has 0 spiro atoms. The molecule has 198 valence electrons. The fraction of sp³-hybridized carbons (Fsp3) is 0.516. The molecule has 1 N–H and O–H groups in total. The molecule has 7 nitrogen and oxygen atoms in total. The monoisotopic (exact) mass is 512 g/mol. The zero-order valence-corrected chi connectivity index (χ0v) is 22.2. The van der Waals surface area contributed by atoms with Gasteiger partial charge in [-0.15, -0.1) is 0 Å². The van der Waals surface area contributed by atoms with Crippen molar-refractivity contribution in [2.24, 2.45) is 33.7 Å². The lowest BCUT2D eigenvalue weighted by Gasteiger charge is -2.57. The van der Waals surface area contributed by atoms with E-state index in [4.69, 9.17) is 4.74 Å². The summed E-state index contributed by atoms with van der Waals surface area (Å²) in [7, 11) is 0. The lowest BCUT2D eigenvalue weighted by molar-refractivity contribution is -0.0285. The number of carbonyl (C=O) groups is 2. The van der Waals surface area contributed by atoms with Crippen molar-refractivity contribution >= 4 is 17.6 Å². The van der Waals surface area contributed by atoms with E-state index in [1.807, 2.05) is 0 Å². The lowest BCUT2D eigenvalue weighted by Crippen LogP contribution is -2.50. The second-order valence-corrected chi connectivity index (χ2v) is 12.0. The van der Waals surface area contributed by atoms with Crippen molar-refractivity contribution in [2.45, 2.75) is 71.3 Å². The van der Waals surface area contributed by atoms with E-state index in [0.717, 1.165) is 50.7 Å². The van der Waals surface area contributed by atoms with Crippen LogP contribution in [0.15, 0.2) is 65.8 Å². The molecule has 4 aliphatic carbocycles. The zero-order valence-electron chi connectivity index (χ0n) is 22.2. The Labute approximate surface area is 224 Å². The summed E-state index contributed by atoms with van der Waals surface area (Å²) in [5.74, 6) is 1.36. The Balaban J connectivity index is 1.15. The van der Waals surface area contributed by atoms with E-state index in [1.54, 1.807) is 49.1 Å². The number of ether oxygens (including phenoxy) is 1. The van der Waals surface area contributed by atoms with Crippen molar-refractivity contribution < 1.29 is 14.3 Å². The Bertz CT molecular complexity index is 1280. The molecule has 0 bridgehead atoms.